The molecule has 5 heteroatoms. The average molecular weight is 198 g/mol. The Bertz CT molecular complexity index is 43.3. The minimum Gasteiger partial charge on any atom is -1.00 e. The van der Waals surface area contributed by atoms with E-state index in [2.05, 4.69) is 25.3 Å². The Morgan fingerprint density at radius 1 is 1.11 bits per heavy atom. The Balaban J connectivity index is -0.0000000300. The topological polar surface area (TPSA) is 40.7 Å². The second-order valence-electron chi connectivity index (χ2n) is 1.06. The minimum absolute atomic E-state index is 0. The second kappa shape index (κ2) is 16.5. The van der Waals surface area contributed by atoms with Crippen molar-refractivity contribution in [1.82, 2.24) is 0 Å². The van der Waals surface area contributed by atoms with Crippen molar-refractivity contribution >= 4 is 63.0 Å². The third kappa shape index (κ3) is 17.7. The van der Waals surface area contributed by atoms with E-state index in [0.29, 0.717) is 0 Å². The van der Waals surface area contributed by atoms with Gasteiger partial charge < -0.3 is 13.1 Å². The van der Waals surface area contributed by atoms with Crippen molar-refractivity contribution in [2.45, 2.75) is 0 Å². The van der Waals surface area contributed by atoms with Gasteiger partial charge in [0.05, 0.1) is 13.2 Å². The molecular formula is C4H14CaO2S2. The van der Waals surface area contributed by atoms with Gasteiger partial charge in [-0.1, -0.05) is 0 Å². The molecule has 0 aromatic heterocycles. The number of thiol groups is 2. The first-order chi connectivity index (χ1) is 3.41. The Morgan fingerprint density at radius 2 is 1.44 bits per heavy atom. The van der Waals surface area contributed by atoms with Crippen molar-refractivity contribution in [1.29, 1.82) is 0 Å². The summed E-state index contributed by atoms with van der Waals surface area (Å²) in [6.07, 6.45) is 0. The Labute approximate surface area is 99.8 Å². The van der Waals surface area contributed by atoms with Crippen LogP contribution in [0.2, 0.25) is 0 Å². The van der Waals surface area contributed by atoms with E-state index in [-0.39, 0.29) is 46.1 Å². The van der Waals surface area contributed by atoms with Crippen LogP contribution in [0.5, 0.6) is 0 Å². The average Bonchev–Trinajstić information content (AvgIpc) is 1.69. The van der Waals surface area contributed by atoms with Crippen molar-refractivity contribution in [3.63, 3.8) is 0 Å². The Hall–Kier alpha value is 1.88. The van der Waals surface area contributed by atoms with E-state index in [1.165, 1.54) is 0 Å². The SMILES string of the molecule is O.SCCOCCS.[Ca+2].[H-].[H-]. The number of hydrogen-bond acceptors (Lipinski definition) is 3. The summed E-state index contributed by atoms with van der Waals surface area (Å²) in [6, 6.07) is 0. The van der Waals surface area contributed by atoms with E-state index in [1.807, 2.05) is 0 Å². The summed E-state index contributed by atoms with van der Waals surface area (Å²) in [5.41, 5.74) is 0. The zero-order chi connectivity index (χ0) is 5.54. The van der Waals surface area contributed by atoms with E-state index in [4.69, 9.17) is 4.74 Å². The normalized spacial score (nSPS) is 7.33. The van der Waals surface area contributed by atoms with E-state index < -0.39 is 0 Å². The zero-order valence-electron chi connectivity index (χ0n) is 7.34. The maximum atomic E-state index is 4.98. The van der Waals surface area contributed by atoms with Crippen LogP contribution in [0.1, 0.15) is 2.85 Å². The molecule has 0 spiro atoms. The summed E-state index contributed by atoms with van der Waals surface area (Å²) in [5.74, 6) is 1.60. The fourth-order valence-corrected chi connectivity index (χ4v) is 0.489. The summed E-state index contributed by atoms with van der Waals surface area (Å²) in [5, 5.41) is 0. The molecule has 0 atom stereocenters. The molecule has 2 nitrogen and oxygen atoms in total. The first kappa shape index (κ1) is 17.1. The number of hydrogen-bond donors (Lipinski definition) is 2. The zero-order valence-corrected chi connectivity index (χ0v) is 9.34. The predicted molar refractivity (Wildman–Crippen MR) is 50.1 cm³/mol. The van der Waals surface area contributed by atoms with Crippen LogP contribution in [0.3, 0.4) is 0 Å². The third-order valence-electron chi connectivity index (χ3n) is 0.471. The molecule has 0 bridgehead atoms. The van der Waals surface area contributed by atoms with Gasteiger partial charge in [-0.3, -0.25) is 0 Å². The van der Waals surface area contributed by atoms with Gasteiger partial charge in [0, 0.05) is 11.5 Å². The molecular weight excluding hydrogens is 184 g/mol. The maximum Gasteiger partial charge on any atom is 2.00 e. The fraction of sp³-hybridized carbons (Fsp3) is 1.00. The molecule has 0 aliphatic rings. The summed E-state index contributed by atoms with van der Waals surface area (Å²) >= 11 is 7.89. The smallest absolute Gasteiger partial charge is 1.00 e. The molecule has 2 N–H and O–H groups in total. The molecule has 0 fully saturated rings. The van der Waals surface area contributed by atoms with Gasteiger partial charge in [0.1, 0.15) is 0 Å². The van der Waals surface area contributed by atoms with Crippen LogP contribution in [0.25, 0.3) is 0 Å². The molecule has 56 valence electrons. The third-order valence-corrected chi connectivity index (χ3v) is 0.836. The number of rotatable bonds is 4. The standard InChI is InChI=1S/C4H10OS2.Ca.H2O.2H/c6-3-1-5-2-4-7;;;;/h6-7H,1-4H2;;1H2;;/q;+2;;2*-1. The van der Waals surface area contributed by atoms with Crippen LogP contribution in [0.4, 0.5) is 0 Å². The van der Waals surface area contributed by atoms with Gasteiger partial charge in [0.25, 0.3) is 0 Å². The second-order valence-corrected chi connectivity index (χ2v) is 1.95. The summed E-state index contributed by atoms with van der Waals surface area (Å²) in [6.45, 7) is 1.48. The molecule has 0 aromatic carbocycles. The van der Waals surface area contributed by atoms with Crippen molar-refractivity contribution in [2.75, 3.05) is 24.7 Å². The summed E-state index contributed by atoms with van der Waals surface area (Å²) in [7, 11) is 0. The number of ether oxygens (including phenoxy) is 1. The van der Waals surface area contributed by atoms with E-state index in [0.717, 1.165) is 24.7 Å². The predicted octanol–water partition coefficient (Wildman–Crippen LogP) is -0.118. The molecule has 0 aliphatic heterocycles. The fourth-order valence-electron chi connectivity index (χ4n) is 0.231. The molecule has 0 rings (SSSR count). The molecule has 0 heterocycles. The first-order valence-electron chi connectivity index (χ1n) is 2.21. The van der Waals surface area contributed by atoms with Crippen LogP contribution < -0.4 is 0 Å². The Kier molecular flexibility index (Phi) is 31.3. The van der Waals surface area contributed by atoms with E-state index in [9.17, 15) is 0 Å². The molecule has 0 saturated carbocycles. The van der Waals surface area contributed by atoms with E-state index >= 15 is 0 Å². The van der Waals surface area contributed by atoms with Crippen LogP contribution >= 0.6 is 25.3 Å². The minimum atomic E-state index is 0. The first-order valence-corrected chi connectivity index (χ1v) is 3.47. The molecule has 0 aliphatic carbocycles. The van der Waals surface area contributed by atoms with Crippen molar-refractivity contribution < 1.29 is 13.1 Å². The molecule has 0 aromatic rings. The largest absolute Gasteiger partial charge is 2.00 e. The molecule has 0 saturated heterocycles. The van der Waals surface area contributed by atoms with Gasteiger partial charge in [0.2, 0.25) is 0 Å². The van der Waals surface area contributed by atoms with Gasteiger partial charge in [-0.15, -0.1) is 0 Å². The van der Waals surface area contributed by atoms with Gasteiger partial charge in [-0.05, 0) is 0 Å². The van der Waals surface area contributed by atoms with E-state index in [1.54, 1.807) is 0 Å². The van der Waals surface area contributed by atoms with Gasteiger partial charge in [-0.2, -0.15) is 25.3 Å². The summed E-state index contributed by atoms with van der Waals surface area (Å²) < 4.78 is 4.98. The van der Waals surface area contributed by atoms with Gasteiger partial charge in [0.15, 0.2) is 0 Å². The maximum absolute atomic E-state index is 4.98. The quantitative estimate of drug-likeness (QED) is 0.369. The van der Waals surface area contributed by atoms with Crippen LogP contribution in [-0.4, -0.2) is 67.9 Å². The molecule has 0 amide bonds. The van der Waals surface area contributed by atoms with Crippen molar-refractivity contribution in [2.24, 2.45) is 0 Å². The van der Waals surface area contributed by atoms with Crippen LogP contribution in [-0.2, 0) is 4.74 Å². The summed E-state index contributed by atoms with van der Waals surface area (Å²) in [4.78, 5) is 0. The van der Waals surface area contributed by atoms with Crippen LogP contribution in [0, 0.1) is 0 Å². The van der Waals surface area contributed by atoms with Crippen molar-refractivity contribution in [3.05, 3.63) is 0 Å². The molecule has 0 radical (unpaired) electrons. The monoisotopic (exact) mass is 198 g/mol. The van der Waals surface area contributed by atoms with Crippen LogP contribution in [0.15, 0.2) is 0 Å². The van der Waals surface area contributed by atoms with Gasteiger partial charge >= 0.3 is 37.7 Å². The van der Waals surface area contributed by atoms with Crippen molar-refractivity contribution in [3.8, 4) is 0 Å². The molecule has 0 unspecified atom stereocenters. The van der Waals surface area contributed by atoms with Gasteiger partial charge in [-0.25, -0.2) is 0 Å². The molecule has 9 heavy (non-hydrogen) atoms. The Morgan fingerprint density at radius 3 is 1.67 bits per heavy atom.